The molecule has 1 aliphatic rings. The zero-order valence-corrected chi connectivity index (χ0v) is 13.8. The predicted octanol–water partition coefficient (Wildman–Crippen LogP) is 4.77. The molecule has 0 aromatic heterocycles. The molecule has 3 rings (SSSR count). The highest BCUT2D eigenvalue weighted by molar-refractivity contribution is 6.30. The predicted molar refractivity (Wildman–Crippen MR) is 89.8 cm³/mol. The summed E-state index contributed by atoms with van der Waals surface area (Å²) < 4.78 is 13.3. The Morgan fingerprint density at radius 1 is 1.26 bits per heavy atom. The van der Waals surface area contributed by atoms with E-state index in [4.69, 9.17) is 11.6 Å². The van der Waals surface area contributed by atoms with Crippen LogP contribution in [0.15, 0.2) is 48.5 Å². The number of amides is 1. The highest BCUT2D eigenvalue weighted by atomic mass is 35.5. The summed E-state index contributed by atoms with van der Waals surface area (Å²) in [5, 5.41) is 0.685. The third-order valence-corrected chi connectivity index (χ3v) is 4.49. The molecule has 0 heterocycles. The second kappa shape index (κ2) is 6.71. The van der Waals surface area contributed by atoms with Crippen molar-refractivity contribution in [1.82, 2.24) is 4.90 Å². The number of halogens is 2. The Morgan fingerprint density at radius 2 is 1.96 bits per heavy atom. The summed E-state index contributed by atoms with van der Waals surface area (Å²) in [5.74, 6) is -0.264. The van der Waals surface area contributed by atoms with Crippen molar-refractivity contribution in [3.63, 3.8) is 0 Å². The normalized spacial score (nSPS) is 15.3. The van der Waals surface area contributed by atoms with Crippen molar-refractivity contribution in [2.75, 3.05) is 0 Å². The Kier molecular flexibility index (Phi) is 4.67. The number of hydrogen-bond acceptors (Lipinski definition) is 1. The lowest BCUT2D eigenvalue weighted by Gasteiger charge is -2.30. The van der Waals surface area contributed by atoms with Crippen LogP contribution in [-0.4, -0.2) is 16.8 Å². The van der Waals surface area contributed by atoms with Crippen LogP contribution in [-0.2, 0) is 11.2 Å². The van der Waals surface area contributed by atoms with Gasteiger partial charge in [0.1, 0.15) is 5.82 Å². The van der Waals surface area contributed by atoms with E-state index in [1.54, 1.807) is 12.1 Å². The largest absolute Gasteiger partial charge is 0.333 e. The third-order valence-electron chi connectivity index (χ3n) is 4.24. The van der Waals surface area contributed by atoms with Gasteiger partial charge in [0.15, 0.2) is 0 Å². The molecule has 4 heteroatoms. The van der Waals surface area contributed by atoms with Crippen LogP contribution in [0.1, 0.15) is 36.9 Å². The van der Waals surface area contributed by atoms with Gasteiger partial charge in [-0.05, 0) is 55.2 Å². The van der Waals surface area contributed by atoms with Gasteiger partial charge in [-0.15, -0.1) is 0 Å². The van der Waals surface area contributed by atoms with Crippen LogP contribution in [0.25, 0.3) is 0 Å². The van der Waals surface area contributed by atoms with Gasteiger partial charge in [-0.3, -0.25) is 4.79 Å². The second-order valence-electron chi connectivity index (χ2n) is 6.07. The molecule has 1 fully saturated rings. The summed E-state index contributed by atoms with van der Waals surface area (Å²) in [6.45, 7) is 2.03. The van der Waals surface area contributed by atoms with Crippen LogP contribution in [0.2, 0.25) is 5.02 Å². The van der Waals surface area contributed by atoms with Gasteiger partial charge >= 0.3 is 0 Å². The highest BCUT2D eigenvalue weighted by Gasteiger charge is 2.36. The number of benzene rings is 2. The van der Waals surface area contributed by atoms with E-state index in [2.05, 4.69) is 0 Å². The molecule has 0 spiro atoms. The summed E-state index contributed by atoms with van der Waals surface area (Å²) in [4.78, 5) is 14.7. The molecule has 2 aromatic rings. The lowest BCUT2D eigenvalue weighted by molar-refractivity contribution is -0.133. The van der Waals surface area contributed by atoms with E-state index in [1.165, 1.54) is 12.1 Å². The van der Waals surface area contributed by atoms with Crippen LogP contribution in [0.4, 0.5) is 4.39 Å². The molecular formula is C19H19ClFNO. The Balaban J connectivity index is 1.78. The fourth-order valence-corrected chi connectivity index (χ4v) is 3.03. The lowest BCUT2D eigenvalue weighted by atomic mass is 10.0. The van der Waals surface area contributed by atoms with Crippen molar-refractivity contribution < 1.29 is 9.18 Å². The molecule has 0 aliphatic heterocycles. The Hall–Kier alpha value is -1.87. The molecule has 0 saturated heterocycles. The molecule has 0 N–H and O–H groups in total. The van der Waals surface area contributed by atoms with Gasteiger partial charge in [-0.1, -0.05) is 35.9 Å². The van der Waals surface area contributed by atoms with Crippen molar-refractivity contribution in [2.24, 2.45) is 0 Å². The minimum atomic E-state index is -0.306. The zero-order chi connectivity index (χ0) is 16.4. The van der Waals surface area contributed by atoms with Crippen molar-refractivity contribution in [1.29, 1.82) is 0 Å². The van der Waals surface area contributed by atoms with Crippen molar-refractivity contribution in [3.05, 3.63) is 70.5 Å². The fraction of sp³-hybridized carbons (Fsp3) is 0.316. The molecule has 2 nitrogen and oxygen atoms in total. The first-order chi connectivity index (χ1) is 11.0. The van der Waals surface area contributed by atoms with Crippen LogP contribution in [0.3, 0.4) is 0 Å². The van der Waals surface area contributed by atoms with Crippen molar-refractivity contribution >= 4 is 17.5 Å². The molecule has 0 radical (unpaired) electrons. The van der Waals surface area contributed by atoms with E-state index < -0.39 is 0 Å². The molecular weight excluding hydrogens is 313 g/mol. The topological polar surface area (TPSA) is 20.3 Å². The van der Waals surface area contributed by atoms with Gasteiger partial charge in [-0.2, -0.15) is 0 Å². The van der Waals surface area contributed by atoms with Crippen molar-refractivity contribution in [2.45, 2.75) is 38.3 Å². The van der Waals surface area contributed by atoms with Gasteiger partial charge in [0.2, 0.25) is 5.91 Å². The molecule has 1 amide bonds. The second-order valence-corrected chi connectivity index (χ2v) is 6.50. The highest BCUT2D eigenvalue weighted by Crippen LogP contribution is 2.35. The maximum atomic E-state index is 13.3. The summed E-state index contributed by atoms with van der Waals surface area (Å²) in [6.07, 6.45) is 2.30. The molecule has 0 bridgehead atoms. The molecule has 1 aliphatic carbocycles. The van der Waals surface area contributed by atoms with Gasteiger partial charge in [0, 0.05) is 11.1 Å². The molecule has 23 heavy (non-hydrogen) atoms. The Labute approximate surface area is 140 Å². The van der Waals surface area contributed by atoms with Crippen LogP contribution in [0.5, 0.6) is 0 Å². The first kappa shape index (κ1) is 16.0. The molecule has 120 valence electrons. The number of hydrogen-bond donors (Lipinski definition) is 0. The van der Waals surface area contributed by atoms with Crippen LogP contribution < -0.4 is 0 Å². The van der Waals surface area contributed by atoms with E-state index in [0.29, 0.717) is 16.6 Å². The number of rotatable bonds is 5. The van der Waals surface area contributed by atoms with E-state index >= 15 is 0 Å². The maximum Gasteiger partial charge on any atom is 0.227 e. The zero-order valence-electron chi connectivity index (χ0n) is 13.0. The molecule has 2 aromatic carbocycles. The number of carbonyl (C=O) groups excluding carboxylic acids is 1. The first-order valence-corrected chi connectivity index (χ1v) is 8.23. The van der Waals surface area contributed by atoms with E-state index in [1.807, 2.05) is 36.1 Å². The lowest BCUT2D eigenvalue weighted by Crippen LogP contribution is -2.36. The fourth-order valence-electron chi connectivity index (χ4n) is 2.90. The SMILES string of the molecule is CC(c1ccc(Cl)cc1)N(C(=O)Cc1cccc(F)c1)C1CC1. The van der Waals surface area contributed by atoms with Crippen molar-refractivity contribution in [3.8, 4) is 0 Å². The molecule has 1 atom stereocenters. The van der Waals surface area contributed by atoms with E-state index in [-0.39, 0.29) is 24.2 Å². The van der Waals surface area contributed by atoms with Gasteiger partial charge in [0.05, 0.1) is 12.5 Å². The van der Waals surface area contributed by atoms with Gasteiger partial charge < -0.3 is 4.90 Å². The van der Waals surface area contributed by atoms with Crippen LogP contribution in [0, 0.1) is 5.82 Å². The van der Waals surface area contributed by atoms with Crippen LogP contribution >= 0.6 is 11.6 Å². The minimum Gasteiger partial charge on any atom is -0.333 e. The first-order valence-electron chi connectivity index (χ1n) is 7.85. The molecule has 1 unspecified atom stereocenters. The Bertz CT molecular complexity index is 697. The van der Waals surface area contributed by atoms with Gasteiger partial charge in [0.25, 0.3) is 0 Å². The van der Waals surface area contributed by atoms with E-state index in [9.17, 15) is 9.18 Å². The minimum absolute atomic E-state index is 0.0131. The summed E-state index contributed by atoms with van der Waals surface area (Å²) in [5.41, 5.74) is 1.78. The molecule has 1 saturated carbocycles. The summed E-state index contributed by atoms with van der Waals surface area (Å²) in [7, 11) is 0. The summed E-state index contributed by atoms with van der Waals surface area (Å²) in [6, 6.07) is 14.1. The summed E-state index contributed by atoms with van der Waals surface area (Å²) >= 11 is 5.94. The Morgan fingerprint density at radius 3 is 2.57 bits per heavy atom. The van der Waals surface area contributed by atoms with E-state index in [0.717, 1.165) is 18.4 Å². The number of nitrogens with zero attached hydrogens (tertiary/aromatic N) is 1. The quantitative estimate of drug-likeness (QED) is 0.772. The standard InChI is InChI=1S/C19H19ClFNO/c1-13(15-5-7-16(20)8-6-15)22(18-9-10-18)19(23)12-14-3-2-4-17(21)11-14/h2-8,11,13,18H,9-10,12H2,1H3. The third kappa shape index (κ3) is 3.91. The average molecular weight is 332 g/mol. The average Bonchev–Trinajstić information content (AvgIpc) is 3.33. The number of carbonyl (C=O) groups is 1. The monoisotopic (exact) mass is 331 g/mol. The van der Waals surface area contributed by atoms with Gasteiger partial charge in [-0.25, -0.2) is 4.39 Å². The maximum absolute atomic E-state index is 13.3. The smallest absolute Gasteiger partial charge is 0.227 e.